The zero-order valence-corrected chi connectivity index (χ0v) is 14.6. The number of carbonyl (C=O) groups excluding carboxylic acids is 1. The fourth-order valence-corrected chi connectivity index (χ4v) is 3.30. The van der Waals surface area contributed by atoms with Crippen LogP contribution in [-0.4, -0.2) is 43.5 Å². The second-order valence-electron chi connectivity index (χ2n) is 4.59. The molecule has 0 heterocycles. The van der Waals surface area contributed by atoms with Crippen LogP contribution in [0.3, 0.4) is 0 Å². The quantitative estimate of drug-likeness (QED) is 0.460. The van der Waals surface area contributed by atoms with Crippen molar-refractivity contribution in [1.82, 2.24) is 4.90 Å². The van der Waals surface area contributed by atoms with Gasteiger partial charge in [-0.1, -0.05) is 30.3 Å². The van der Waals surface area contributed by atoms with Crippen LogP contribution in [0.5, 0.6) is 0 Å². The first-order valence-electron chi connectivity index (χ1n) is 7.64. The molecule has 0 unspecified atom stereocenters. The molecule has 0 bridgehead atoms. The van der Waals surface area contributed by atoms with Crippen LogP contribution in [0.4, 0.5) is 0 Å². The lowest BCUT2D eigenvalue weighted by Crippen LogP contribution is -2.31. The molecule has 22 heavy (non-hydrogen) atoms. The van der Waals surface area contributed by atoms with E-state index in [0.717, 1.165) is 5.56 Å². The molecule has 0 N–H and O–H groups in total. The average Bonchev–Trinajstić information content (AvgIpc) is 2.49. The summed E-state index contributed by atoms with van der Waals surface area (Å²) in [6, 6.07) is 10.0. The monoisotopic (exact) mass is 327 g/mol. The van der Waals surface area contributed by atoms with E-state index in [2.05, 4.69) is 0 Å². The van der Waals surface area contributed by atoms with Crippen LogP contribution >= 0.6 is 8.38 Å². The van der Waals surface area contributed by atoms with Crippen molar-refractivity contribution in [2.75, 3.05) is 32.7 Å². The summed E-state index contributed by atoms with van der Waals surface area (Å²) >= 11 is 0. The maximum atomic E-state index is 11.8. The van der Waals surface area contributed by atoms with Crippen LogP contribution in [0, 0.1) is 0 Å². The normalized spacial score (nSPS) is 11.1. The van der Waals surface area contributed by atoms with Gasteiger partial charge in [-0.2, -0.15) is 0 Å². The van der Waals surface area contributed by atoms with Crippen molar-refractivity contribution in [3.05, 3.63) is 35.9 Å². The first kappa shape index (κ1) is 19.0. The molecule has 1 aromatic rings. The number of hydrogen-bond donors (Lipinski definition) is 0. The van der Waals surface area contributed by atoms with Crippen LogP contribution in [0.1, 0.15) is 26.3 Å². The lowest BCUT2D eigenvalue weighted by molar-refractivity contribution is -0.144. The first-order valence-corrected chi connectivity index (χ1v) is 9.01. The highest BCUT2D eigenvalue weighted by atomic mass is 31.2. The van der Waals surface area contributed by atoms with Crippen LogP contribution < -0.4 is 0 Å². The number of esters is 1. The van der Waals surface area contributed by atoms with Crippen LogP contribution in [-0.2, 0) is 25.1 Å². The van der Waals surface area contributed by atoms with Gasteiger partial charge >= 0.3 is 5.97 Å². The van der Waals surface area contributed by atoms with E-state index in [9.17, 15) is 4.79 Å². The van der Waals surface area contributed by atoms with Gasteiger partial charge in [-0.05, 0) is 26.3 Å². The van der Waals surface area contributed by atoms with Crippen molar-refractivity contribution in [3.8, 4) is 0 Å². The number of rotatable bonds is 11. The molecule has 0 aliphatic rings. The molecule has 0 saturated heterocycles. The van der Waals surface area contributed by atoms with Gasteiger partial charge in [-0.25, -0.2) is 0 Å². The number of hydrogen-bond acceptors (Lipinski definition) is 5. The van der Waals surface area contributed by atoms with Gasteiger partial charge in [0.05, 0.1) is 32.7 Å². The van der Waals surface area contributed by atoms with E-state index in [0.29, 0.717) is 32.7 Å². The molecule has 6 heteroatoms. The highest BCUT2D eigenvalue weighted by molar-refractivity contribution is 7.47. The van der Waals surface area contributed by atoms with Crippen molar-refractivity contribution in [1.29, 1.82) is 0 Å². The third-order valence-electron chi connectivity index (χ3n) is 2.77. The van der Waals surface area contributed by atoms with Crippen molar-refractivity contribution < 1.29 is 18.6 Å². The predicted octanol–water partition coefficient (Wildman–Crippen LogP) is 3.39. The zero-order valence-electron chi connectivity index (χ0n) is 13.7. The number of carbonyl (C=O) groups is 1. The molecule has 5 nitrogen and oxygen atoms in total. The first-order chi connectivity index (χ1) is 10.7. The molecule has 124 valence electrons. The van der Waals surface area contributed by atoms with Gasteiger partial charge in [-0.3, -0.25) is 9.69 Å². The number of ether oxygens (including phenoxy) is 1. The average molecular weight is 327 g/mol. The summed E-state index contributed by atoms with van der Waals surface area (Å²) in [6.45, 7) is 8.20. The van der Waals surface area contributed by atoms with E-state index in [4.69, 9.17) is 13.8 Å². The van der Waals surface area contributed by atoms with Crippen LogP contribution in [0.2, 0.25) is 0 Å². The van der Waals surface area contributed by atoms with E-state index in [1.165, 1.54) is 0 Å². The molecule has 0 aromatic heterocycles. The SMILES string of the molecule is CCOC(=O)CN(Cc1ccccc1)CP(OCC)OCC. The third kappa shape index (κ3) is 7.85. The Labute approximate surface area is 134 Å². The molecule has 0 aliphatic carbocycles. The summed E-state index contributed by atoms with van der Waals surface area (Å²) in [6.07, 6.45) is 0.588. The summed E-state index contributed by atoms with van der Waals surface area (Å²) in [7, 11) is -1.02. The zero-order chi connectivity index (χ0) is 16.2. The van der Waals surface area contributed by atoms with E-state index < -0.39 is 8.38 Å². The Hall–Kier alpha value is -1.00. The van der Waals surface area contributed by atoms with Crippen molar-refractivity contribution in [3.63, 3.8) is 0 Å². The molecule has 0 aliphatic heterocycles. The predicted molar refractivity (Wildman–Crippen MR) is 88.5 cm³/mol. The fraction of sp³-hybridized carbons (Fsp3) is 0.562. The summed E-state index contributed by atoms with van der Waals surface area (Å²) in [5.41, 5.74) is 1.15. The molecular weight excluding hydrogens is 301 g/mol. The molecule has 0 atom stereocenters. The molecule has 0 amide bonds. The lowest BCUT2D eigenvalue weighted by Gasteiger charge is -2.25. The molecule has 0 spiro atoms. The van der Waals surface area contributed by atoms with Crippen LogP contribution in [0.15, 0.2) is 30.3 Å². The maximum Gasteiger partial charge on any atom is 0.320 e. The minimum Gasteiger partial charge on any atom is -0.465 e. The topological polar surface area (TPSA) is 48.0 Å². The lowest BCUT2D eigenvalue weighted by atomic mass is 10.2. The maximum absolute atomic E-state index is 11.8. The van der Waals surface area contributed by atoms with Gasteiger partial charge < -0.3 is 13.8 Å². The Bertz CT molecular complexity index is 410. The Balaban J connectivity index is 2.69. The summed E-state index contributed by atoms with van der Waals surface area (Å²) < 4.78 is 16.3. The highest BCUT2D eigenvalue weighted by Gasteiger charge is 2.19. The second-order valence-corrected chi connectivity index (χ2v) is 6.05. The molecule has 1 rings (SSSR count). The fourth-order valence-electron chi connectivity index (χ4n) is 1.96. The standard InChI is InChI=1S/C16H26NO4P/c1-4-19-16(18)13-17(12-15-10-8-7-9-11-15)14-22(20-5-2)21-6-3/h7-11H,4-6,12-14H2,1-3H3. The van der Waals surface area contributed by atoms with E-state index in [1.807, 2.05) is 56.0 Å². The highest BCUT2D eigenvalue weighted by Crippen LogP contribution is 2.38. The summed E-state index contributed by atoms with van der Waals surface area (Å²) in [5, 5.41) is 0. The Morgan fingerprint density at radius 3 is 2.23 bits per heavy atom. The second kappa shape index (κ2) is 11.6. The smallest absolute Gasteiger partial charge is 0.320 e. The largest absolute Gasteiger partial charge is 0.465 e. The van der Waals surface area contributed by atoms with E-state index >= 15 is 0 Å². The summed E-state index contributed by atoms with van der Waals surface area (Å²) in [5.74, 6) is -0.221. The van der Waals surface area contributed by atoms with Gasteiger partial charge in [-0.15, -0.1) is 0 Å². The van der Waals surface area contributed by atoms with E-state index in [-0.39, 0.29) is 12.5 Å². The minimum absolute atomic E-state index is 0.221. The molecule has 0 fully saturated rings. The van der Waals surface area contributed by atoms with Crippen molar-refractivity contribution >= 4 is 14.3 Å². The minimum atomic E-state index is -1.02. The van der Waals surface area contributed by atoms with Crippen LogP contribution in [0.25, 0.3) is 0 Å². The Morgan fingerprint density at radius 2 is 1.68 bits per heavy atom. The van der Waals surface area contributed by atoms with Crippen molar-refractivity contribution in [2.45, 2.75) is 27.3 Å². The van der Waals surface area contributed by atoms with Crippen molar-refractivity contribution in [2.24, 2.45) is 0 Å². The molecule has 1 aromatic carbocycles. The van der Waals surface area contributed by atoms with Gasteiger partial charge in [0, 0.05) is 6.54 Å². The third-order valence-corrected chi connectivity index (χ3v) is 4.49. The summed E-state index contributed by atoms with van der Waals surface area (Å²) in [4.78, 5) is 13.8. The molecule has 0 radical (unpaired) electrons. The van der Waals surface area contributed by atoms with Gasteiger partial charge in [0.2, 0.25) is 0 Å². The number of benzene rings is 1. The van der Waals surface area contributed by atoms with Gasteiger partial charge in [0.25, 0.3) is 0 Å². The molecular formula is C16H26NO4P. The Kier molecular flexibility index (Phi) is 10.0. The molecule has 0 saturated carbocycles. The number of nitrogens with zero attached hydrogens (tertiary/aromatic N) is 1. The van der Waals surface area contributed by atoms with Gasteiger partial charge in [0.15, 0.2) is 8.38 Å². The van der Waals surface area contributed by atoms with E-state index in [1.54, 1.807) is 0 Å². The van der Waals surface area contributed by atoms with Gasteiger partial charge in [0.1, 0.15) is 0 Å². The Morgan fingerprint density at radius 1 is 1.05 bits per heavy atom.